The molecule has 0 fully saturated rings. The van der Waals surface area contributed by atoms with Crippen molar-refractivity contribution in [1.29, 1.82) is 0 Å². The normalized spacial score (nSPS) is 14.6. The monoisotopic (exact) mass is 501 g/mol. The predicted molar refractivity (Wildman–Crippen MR) is 134 cm³/mol. The number of aliphatic hydroxyl groups excluding tert-OH is 1. The molecule has 0 saturated heterocycles. The number of sulfonamides is 1. The Morgan fingerprint density at radius 3 is 2.47 bits per heavy atom. The molecule has 9 nitrogen and oxygen atoms in total. The van der Waals surface area contributed by atoms with Crippen LogP contribution in [0, 0.1) is 11.8 Å². The van der Waals surface area contributed by atoms with Crippen LogP contribution in [0.3, 0.4) is 0 Å². The van der Waals surface area contributed by atoms with Crippen LogP contribution in [0.25, 0.3) is 0 Å². The summed E-state index contributed by atoms with van der Waals surface area (Å²) in [7, 11) is -1.75. The van der Waals surface area contributed by atoms with Gasteiger partial charge in [0.1, 0.15) is 5.75 Å². The highest BCUT2D eigenvalue weighted by Gasteiger charge is 2.24. The number of benzene rings is 1. The average molecular weight is 502 g/mol. The van der Waals surface area contributed by atoms with E-state index < -0.39 is 22.2 Å². The Hall–Kier alpha value is -1.72. The van der Waals surface area contributed by atoms with E-state index in [0.717, 1.165) is 12.8 Å². The number of nitrogens with one attached hydrogen (secondary N) is 2. The summed E-state index contributed by atoms with van der Waals surface area (Å²) in [5, 5.41) is 13.3. The summed E-state index contributed by atoms with van der Waals surface area (Å²) in [5.41, 5.74) is 6.63. The minimum absolute atomic E-state index is 0.00275. The third-order valence-electron chi connectivity index (χ3n) is 5.65. The highest BCUT2D eigenvalue weighted by Crippen LogP contribution is 2.20. The number of hydrogen-bond acceptors (Lipinski definition) is 7. The highest BCUT2D eigenvalue weighted by molar-refractivity contribution is 7.89. The molecule has 196 valence electrons. The molecule has 1 amide bonds. The van der Waals surface area contributed by atoms with Gasteiger partial charge >= 0.3 is 0 Å². The molecule has 5 N–H and O–H groups in total. The van der Waals surface area contributed by atoms with Crippen molar-refractivity contribution < 1.29 is 27.8 Å². The first-order valence-corrected chi connectivity index (χ1v) is 13.7. The quantitative estimate of drug-likeness (QED) is 0.225. The summed E-state index contributed by atoms with van der Waals surface area (Å²) >= 11 is 0. The summed E-state index contributed by atoms with van der Waals surface area (Å²) in [4.78, 5) is 12.9. The van der Waals surface area contributed by atoms with Crippen LogP contribution in [0.4, 0.5) is 0 Å². The van der Waals surface area contributed by atoms with Gasteiger partial charge in [0.05, 0.1) is 24.0 Å². The number of unbranched alkanes of at least 4 members (excludes halogenated alkanes) is 1. The van der Waals surface area contributed by atoms with Crippen LogP contribution in [0.5, 0.6) is 5.75 Å². The third kappa shape index (κ3) is 11.6. The van der Waals surface area contributed by atoms with Crippen LogP contribution in [0.15, 0.2) is 24.3 Å². The number of carbonyl (C=O) groups excluding carboxylic acids is 1. The van der Waals surface area contributed by atoms with Gasteiger partial charge in [-0.2, -0.15) is 0 Å². The average Bonchev–Trinajstić information content (AvgIpc) is 2.79. The molecule has 34 heavy (non-hydrogen) atoms. The van der Waals surface area contributed by atoms with Crippen molar-refractivity contribution in [1.82, 2.24) is 10.0 Å². The fourth-order valence-electron chi connectivity index (χ4n) is 3.43. The number of rotatable bonds is 18. The zero-order valence-electron chi connectivity index (χ0n) is 21.0. The standard InChI is InChI=1S/C24H43N3O6S/c1-5-14-34(30,31)27-17-22(28)21(25)15-19(18(2)3)16-26-24(29)20-10-6-7-11-23(20)33-13-9-8-12-32-4/h6-7,10-11,18-19,21-22,27-28H,5,8-9,12-17,25H2,1-4H3,(H,26,29)/t19-,21+,22+/m1/s1. The van der Waals surface area contributed by atoms with Gasteiger partial charge in [0.15, 0.2) is 0 Å². The van der Waals surface area contributed by atoms with Gasteiger partial charge in [0.25, 0.3) is 5.91 Å². The molecular formula is C24H43N3O6S. The van der Waals surface area contributed by atoms with Crippen molar-refractivity contribution in [3.05, 3.63) is 29.8 Å². The number of methoxy groups -OCH3 is 1. The maximum absolute atomic E-state index is 12.9. The molecule has 0 aliphatic carbocycles. The summed E-state index contributed by atoms with van der Waals surface area (Å²) in [6.07, 6.45) is 1.62. The van der Waals surface area contributed by atoms with Crippen molar-refractivity contribution >= 4 is 15.9 Å². The lowest BCUT2D eigenvalue weighted by Crippen LogP contribution is -2.46. The Balaban J connectivity index is 2.63. The number of ether oxygens (including phenoxy) is 2. The van der Waals surface area contributed by atoms with Gasteiger partial charge in [-0.15, -0.1) is 0 Å². The minimum atomic E-state index is -3.41. The Morgan fingerprint density at radius 1 is 1.15 bits per heavy atom. The summed E-state index contributed by atoms with van der Waals surface area (Å²) in [5.74, 6) is 0.503. The number of aliphatic hydroxyl groups is 1. The number of amides is 1. The largest absolute Gasteiger partial charge is 0.493 e. The predicted octanol–water partition coefficient (Wildman–Crippen LogP) is 1.90. The Morgan fingerprint density at radius 2 is 1.82 bits per heavy atom. The molecule has 0 spiro atoms. The van der Waals surface area contributed by atoms with Crippen LogP contribution >= 0.6 is 0 Å². The van der Waals surface area contributed by atoms with E-state index in [9.17, 15) is 18.3 Å². The van der Waals surface area contributed by atoms with E-state index in [1.54, 1.807) is 32.2 Å². The molecular weight excluding hydrogens is 458 g/mol. The van der Waals surface area contributed by atoms with Gasteiger partial charge in [-0.25, -0.2) is 13.1 Å². The van der Waals surface area contributed by atoms with E-state index in [-0.39, 0.29) is 30.0 Å². The van der Waals surface area contributed by atoms with Crippen LogP contribution < -0.4 is 20.5 Å². The summed E-state index contributed by atoms with van der Waals surface area (Å²) < 4.78 is 36.9. The van der Waals surface area contributed by atoms with E-state index in [0.29, 0.717) is 43.9 Å². The molecule has 0 unspecified atom stereocenters. The van der Waals surface area contributed by atoms with E-state index in [1.165, 1.54) is 0 Å². The lowest BCUT2D eigenvalue weighted by Gasteiger charge is -2.27. The molecule has 1 aromatic rings. The molecule has 0 aliphatic heterocycles. The first-order chi connectivity index (χ1) is 16.1. The van der Waals surface area contributed by atoms with E-state index in [4.69, 9.17) is 15.2 Å². The lowest BCUT2D eigenvalue weighted by atomic mass is 9.87. The second-order valence-electron chi connectivity index (χ2n) is 8.89. The van der Waals surface area contributed by atoms with Crippen LogP contribution in [-0.2, 0) is 14.8 Å². The van der Waals surface area contributed by atoms with Gasteiger partial charge in [0.2, 0.25) is 10.0 Å². The maximum Gasteiger partial charge on any atom is 0.255 e. The molecule has 1 aromatic carbocycles. The molecule has 0 radical (unpaired) electrons. The number of carbonyl (C=O) groups is 1. The first kappa shape index (κ1) is 30.3. The zero-order chi connectivity index (χ0) is 25.6. The van der Waals surface area contributed by atoms with Gasteiger partial charge in [0, 0.05) is 32.8 Å². The van der Waals surface area contributed by atoms with Crippen molar-refractivity contribution in [3.8, 4) is 5.75 Å². The van der Waals surface area contributed by atoms with E-state index in [2.05, 4.69) is 10.0 Å². The number of para-hydroxylation sites is 1. The van der Waals surface area contributed by atoms with Gasteiger partial charge < -0.3 is 25.6 Å². The Labute approximate surface area is 204 Å². The lowest BCUT2D eigenvalue weighted by molar-refractivity contribution is 0.0928. The zero-order valence-corrected chi connectivity index (χ0v) is 21.8. The van der Waals surface area contributed by atoms with E-state index >= 15 is 0 Å². The molecule has 0 aliphatic rings. The second kappa shape index (κ2) is 16.0. The number of hydrogen-bond donors (Lipinski definition) is 4. The van der Waals surface area contributed by atoms with Crippen LogP contribution in [0.2, 0.25) is 0 Å². The minimum Gasteiger partial charge on any atom is -0.493 e. The maximum atomic E-state index is 12.9. The SMILES string of the molecule is CCCS(=O)(=O)NC[C@H](O)[C@@H](N)C[C@H](CNC(=O)c1ccccc1OCCCCOC)C(C)C. The molecule has 1 rings (SSSR count). The third-order valence-corrected chi connectivity index (χ3v) is 7.21. The smallest absolute Gasteiger partial charge is 0.255 e. The molecule has 0 bridgehead atoms. The number of nitrogens with two attached hydrogens (primary N) is 1. The molecule has 0 heterocycles. The first-order valence-electron chi connectivity index (χ1n) is 12.0. The van der Waals surface area contributed by atoms with E-state index in [1.807, 2.05) is 19.9 Å². The molecule has 10 heteroatoms. The Kier molecular flexibility index (Phi) is 14.3. The highest BCUT2D eigenvalue weighted by atomic mass is 32.2. The van der Waals surface area contributed by atoms with Crippen LogP contribution in [0.1, 0.15) is 56.8 Å². The van der Waals surface area contributed by atoms with Gasteiger partial charge in [-0.05, 0) is 49.7 Å². The second-order valence-corrected chi connectivity index (χ2v) is 10.8. The van der Waals surface area contributed by atoms with Crippen molar-refractivity contribution in [3.63, 3.8) is 0 Å². The van der Waals surface area contributed by atoms with Gasteiger partial charge in [-0.1, -0.05) is 32.9 Å². The van der Waals surface area contributed by atoms with Crippen LogP contribution in [-0.4, -0.2) is 70.7 Å². The molecule has 0 saturated carbocycles. The fourth-order valence-corrected chi connectivity index (χ4v) is 4.54. The van der Waals surface area contributed by atoms with Crippen molar-refractivity contribution in [2.24, 2.45) is 17.6 Å². The molecule has 3 atom stereocenters. The topological polar surface area (TPSA) is 140 Å². The summed E-state index contributed by atoms with van der Waals surface area (Å²) in [6.45, 7) is 7.24. The summed E-state index contributed by atoms with van der Waals surface area (Å²) in [6, 6.07) is 6.49. The fraction of sp³-hybridized carbons (Fsp3) is 0.708. The van der Waals surface area contributed by atoms with Gasteiger partial charge in [-0.3, -0.25) is 4.79 Å². The molecule has 0 aromatic heterocycles. The Bertz CT molecular complexity index is 819. The van der Waals surface area contributed by atoms with Crippen molar-refractivity contribution in [2.45, 2.75) is 58.6 Å². The van der Waals surface area contributed by atoms with Crippen molar-refractivity contribution in [2.75, 3.05) is 39.2 Å².